The average molecular weight is 234 g/mol. The summed E-state index contributed by atoms with van der Waals surface area (Å²) in [4.78, 5) is 22.2. The Labute approximate surface area is 101 Å². The van der Waals surface area contributed by atoms with E-state index in [1.807, 2.05) is 24.8 Å². The third-order valence-corrected chi connectivity index (χ3v) is 3.19. The highest BCUT2D eigenvalue weighted by molar-refractivity contribution is 5.77. The van der Waals surface area contributed by atoms with Crippen LogP contribution in [0.4, 0.5) is 0 Å². The molecule has 1 saturated heterocycles. The SMILES string of the molecule is CCN1C(=O)CCC(N)C1c1ccnc(C)n1. The third-order valence-electron chi connectivity index (χ3n) is 3.19. The van der Waals surface area contributed by atoms with E-state index >= 15 is 0 Å². The monoisotopic (exact) mass is 234 g/mol. The van der Waals surface area contributed by atoms with Gasteiger partial charge in [0.1, 0.15) is 5.82 Å². The van der Waals surface area contributed by atoms with Crippen LogP contribution in [0.2, 0.25) is 0 Å². The first-order chi connectivity index (χ1) is 8.13. The van der Waals surface area contributed by atoms with Crippen LogP contribution in [0, 0.1) is 6.92 Å². The van der Waals surface area contributed by atoms with Crippen LogP contribution in [0.1, 0.15) is 37.3 Å². The molecular formula is C12H18N4O. The van der Waals surface area contributed by atoms with Crippen molar-refractivity contribution >= 4 is 5.91 Å². The molecule has 0 aliphatic carbocycles. The number of nitrogens with zero attached hydrogens (tertiary/aromatic N) is 3. The van der Waals surface area contributed by atoms with Gasteiger partial charge in [-0.15, -0.1) is 0 Å². The number of aryl methyl sites for hydroxylation is 1. The smallest absolute Gasteiger partial charge is 0.223 e. The van der Waals surface area contributed by atoms with Gasteiger partial charge in [-0.3, -0.25) is 4.79 Å². The van der Waals surface area contributed by atoms with Crippen LogP contribution in [0.5, 0.6) is 0 Å². The lowest BCUT2D eigenvalue weighted by atomic mass is 9.93. The Kier molecular flexibility index (Phi) is 3.38. The van der Waals surface area contributed by atoms with Gasteiger partial charge in [0, 0.05) is 25.2 Å². The van der Waals surface area contributed by atoms with E-state index in [-0.39, 0.29) is 18.0 Å². The van der Waals surface area contributed by atoms with Gasteiger partial charge in [-0.1, -0.05) is 0 Å². The zero-order valence-electron chi connectivity index (χ0n) is 10.3. The van der Waals surface area contributed by atoms with E-state index in [2.05, 4.69) is 9.97 Å². The molecule has 1 fully saturated rings. The number of carbonyl (C=O) groups excluding carboxylic acids is 1. The van der Waals surface area contributed by atoms with Crippen LogP contribution in [0.3, 0.4) is 0 Å². The fourth-order valence-corrected chi connectivity index (χ4v) is 2.37. The van der Waals surface area contributed by atoms with Gasteiger partial charge in [-0.25, -0.2) is 9.97 Å². The van der Waals surface area contributed by atoms with E-state index in [1.54, 1.807) is 6.20 Å². The van der Waals surface area contributed by atoms with Crippen molar-refractivity contribution < 1.29 is 4.79 Å². The zero-order chi connectivity index (χ0) is 12.4. The Bertz CT molecular complexity index is 421. The van der Waals surface area contributed by atoms with Gasteiger partial charge in [0.2, 0.25) is 5.91 Å². The molecule has 2 heterocycles. The van der Waals surface area contributed by atoms with Crippen molar-refractivity contribution in [1.82, 2.24) is 14.9 Å². The van der Waals surface area contributed by atoms with Crippen molar-refractivity contribution in [3.05, 3.63) is 23.8 Å². The molecule has 0 spiro atoms. The number of hydrogen-bond donors (Lipinski definition) is 1. The van der Waals surface area contributed by atoms with Crippen molar-refractivity contribution in [1.29, 1.82) is 0 Å². The normalized spacial score (nSPS) is 25.1. The number of hydrogen-bond acceptors (Lipinski definition) is 4. The number of aromatic nitrogens is 2. The molecule has 1 aromatic heterocycles. The van der Waals surface area contributed by atoms with E-state index < -0.39 is 0 Å². The molecule has 5 heteroatoms. The zero-order valence-corrected chi connectivity index (χ0v) is 10.3. The summed E-state index contributed by atoms with van der Waals surface area (Å²) in [6, 6.07) is 1.70. The summed E-state index contributed by atoms with van der Waals surface area (Å²) >= 11 is 0. The number of nitrogens with two attached hydrogens (primary N) is 1. The molecule has 2 N–H and O–H groups in total. The average Bonchev–Trinajstić information content (AvgIpc) is 2.31. The van der Waals surface area contributed by atoms with Crippen molar-refractivity contribution in [3.8, 4) is 0 Å². The molecule has 2 atom stereocenters. The van der Waals surface area contributed by atoms with Gasteiger partial charge in [-0.05, 0) is 26.3 Å². The van der Waals surface area contributed by atoms with Crippen LogP contribution in [0.25, 0.3) is 0 Å². The lowest BCUT2D eigenvalue weighted by Gasteiger charge is -2.38. The van der Waals surface area contributed by atoms with Crippen molar-refractivity contribution in [2.24, 2.45) is 5.73 Å². The predicted octanol–water partition coefficient (Wildman–Crippen LogP) is 0.796. The lowest BCUT2D eigenvalue weighted by Crippen LogP contribution is -2.49. The van der Waals surface area contributed by atoms with Crippen molar-refractivity contribution in [2.75, 3.05) is 6.54 Å². The van der Waals surface area contributed by atoms with E-state index in [9.17, 15) is 4.79 Å². The number of rotatable bonds is 2. The number of piperidine rings is 1. The lowest BCUT2D eigenvalue weighted by molar-refractivity contribution is -0.137. The summed E-state index contributed by atoms with van der Waals surface area (Å²) in [6.45, 7) is 4.48. The first-order valence-corrected chi connectivity index (χ1v) is 5.98. The van der Waals surface area contributed by atoms with E-state index in [4.69, 9.17) is 5.73 Å². The minimum Gasteiger partial charge on any atom is -0.333 e. The molecule has 2 unspecified atom stereocenters. The number of likely N-dealkylation sites (tertiary alicyclic amines) is 1. The summed E-state index contributed by atoms with van der Waals surface area (Å²) in [5, 5.41) is 0. The Morgan fingerprint density at radius 2 is 2.35 bits per heavy atom. The van der Waals surface area contributed by atoms with Gasteiger partial charge in [0.15, 0.2) is 0 Å². The summed E-state index contributed by atoms with van der Waals surface area (Å²) in [5.41, 5.74) is 6.98. The van der Waals surface area contributed by atoms with Gasteiger partial charge in [-0.2, -0.15) is 0 Å². The maximum absolute atomic E-state index is 11.9. The van der Waals surface area contributed by atoms with Crippen LogP contribution >= 0.6 is 0 Å². The molecule has 92 valence electrons. The van der Waals surface area contributed by atoms with Gasteiger partial charge < -0.3 is 10.6 Å². The molecule has 1 aliphatic heterocycles. The van der Waals surface area contributed by atoms with Gasteiger partial charge >= 0.3 is 0 Å². The second-order valence-corrected chi connectivity index (χ2v) is 4.36. The third kappa shape index (κ3) is 2.29. The van der Waals surface area contributed by atoms with Crippen LogP contribution in [0.15, 0.2) is 12.3 Å². The van der Waals surface area contributed by atoms with E-state index in [0.717, 1.165) is 12.1 Å². The van der Waals surface area contributed by atoms with Crippen molar-refractivity contribution in [2.45, 2.75) is 38.8 Å². The Hall–Kier alpha value is -1.49. The first-order valence-electron chi connectivity index (χ1n) is 5.98. The molecule has 5 nitrogen and oxygen atoms in total. The van der Waals surface area contributed by atoms with Crippen molar-refractivity contribution in [3.63, 3.8) is 0 Å². The molecule has 0 saturated carbocycles. The minimum absolute atomic E-state index is 0.0399. The topological polar surface area (TPSA) is 72.1 Å². The predicted molar refractivity (Wildman–Crippen MR) is 64.1 cm³/mol. The van der Waals surface area contributed by atoms with Crippen LogP contribution in [-0.2, 0) is 4.79 Å². The maximum atomic E-state index is 11.9. The molecule has 1 amide bonds. The Morgan fingerprint density at radius 1 is 1.59 bits per heavy atom. The summed E-state index contributed by atoms with van der Waals surface area (Å²) in [5.74, 6) is 0.874. The summed E-state index contributed by atoms with van der Waals surface area (Å²) in [6.07, 6.45) is 2.98. The quantitative estimate of drug-likeness (QED) is 0.821. The standard InChI is InChI=1S/C12H18N4O/c1-3-16-11(17)5-4-9(13)12(16)10-6-7-14-8(2)15-10/h6-7,9,12H,3-5,13H2,1-2H3. The molecule has 2 rings (SSSR count). The number of likely N-dealkylation sites (N-methyl/N-ethyl adjacent to an activating group) is 1. The molecule has 1 aliphatic rings. The van der Waals surface area contributed by atoms with Crippen LogP contribution < -0.4 is 5.73 Å². The molecule has 1 aromatic rings. The minimum atomic E-state index is -0.108. The maximum Gasteiger partial charge on any atom is 0.223 e. The second-order valence-electron chi connectivity index (χ2n) is 4.36. The highest BCUT2D eigenvalue weighted by atomic mass is 16.2. The molecule has 0 bridgehead atoms. The Balaban J connectivity index is 2.35. The molecule has 0 radical (unpaired) electrons. The van der Waals surface area contributed by atoms with E-state index in [1.165, 1.54) is 0 Å². The Morgan fingerprint density at radius 3 is 3.00 bits per heavy atom. The number of carbonyl (C=O) groups is 1. The highest BCUT2D eigenvalue weighted by Crippen LogP contribution is 2.29. The fourth-order valence-electron chi connectivity index (χ4n) is 2.37. The van der Waals surface area contributed by atoms with E-state index in [0.29, 0.717) is 18.8 Å². The van der Waals surface area contributed by atoms with Gasteiger partial charge in [0.25, 0.3) is 0 Å². The fraction of sp³-hybridized carbons (Fsp3) is 0.583. The highest BCUT2D eigenvalue weighted by Gasteiger charge is 2.34. The summed E-state index contributed by atoms with van der Waals surface area (Å²) in [7, 11) is 0. The largest absolute Gasteiger partial charge is 0.333 e. The first kappa shape index (κ1) is 12.0. The second kappa shape index (κ2) is 4.79. The van der Waals surface area contributed by atoms with Crippen LogP contribution in [-0.4, -0.2) is 33.4 Å². The molecular weight excluding hydrogens is 216 g/mol. The van der Waals surface area contributed by atoms with Gasteiger partial charge in [0.05, 0.1) is 11.7 Å². The molecule has 0 aromatic carbocycles. The summed E-state index contributed by atoms with van der Waals surface area (Å²) < 4.78 is 0. The number of amides is 1. The molecule has 17 heavy (non-hydrogen) atoms.